The fraction of sp³-hybridized carbons (Fsp3) is 0. The Balaban J connectivity index is -0.0000000536. The van der Waals surface area contributed by atoms with Gasteiger partial charge in [-0.05, 0) is 0 Å². The van der Waals surface area contributed by atoms with E-state index in [2.05, 4.69) is 0 Å². The monoisotopic (exact) mass is 333 g/mol. The average molecular weight is 333 g/mol. The molecule has 20 heavy (non-hydrogen) atoms. The first-order chi connectivity index (χ1) is 7.93. The van der Waals surface area contributed by atoms with Gasteiger partial charge in [0, 0.05) is 18.6 Å². The first kappa shape index (κ1) is 30.4. The normalized spacial score (nSPS) is 6.60. The van der Waals surface area contributed by atoms with Crippen molar-refractivity contribution in [1.29, 1.82) is 0 Å². The van der Waals surface area contributed by atoms with Crippen LogP contribution in [0.5, 0.6) is 0 Å². The van der Waals surface area contributed by atoms with Crippen molar-refractivity contribution in [3.05, 3.63) is 0 Å². The molecular weight excluding hydrogens is 329 g/mol. The fourth-order valence-electron chi connectivity index (χ4n) is 0. The van der Waals surface area contributed by atoms with Gasteiger partial charge in [-0.3, -0.25) is 0 Å². The average Bonchev–Trinajstić information content (AvgIpc) is 2.18. The number of hydrogen-bond acceptors (Lipinski definition) is 12. The molecule has 0 rings (SSSR count). The van der Waals surface area contributed by atoms with Crippen LogP contribution in [0.3, 0.4) is 0 Å². The first-order valence-electron chi connectivity index (χ1n) is 3.20. The quantitative estimate of drug-likeness (QED) is 0.404. The molecule has 0 spiro atoms. The molecule has 0 aliphatic heterocycles. The molecule has 13 nitrogen and oxygen atoms in total. The molecule has 1 radical (unpaired) electrons. The van der Waals surface area contributed by atoms with Crippen LogP contribution in [0.1, 0.15) is 0 Å². The van der Waals surface area contributed by atoms with E-state index < -0.39 is 35.8 Å². The third kappa shape index (κ3) is 36.2. The van der Waals surface area contributed by atoms with Crippen LogP contribution in [0.4, 0.5) is 0 Å². The summed E-state index contributed by atoms with van der Waals surface area (Å²) in [4.78, 5) is 53.6. The molecule has 115 valence electrons. The smallest absolute Gasteiger partial charge is 0.0870 e. The van der Waals surface area contributed by atoms with Gasteiger partial charge < -0.3 is 65.6 Å². The maximum atomic E-state index is 8.93. The third-order valence-electron chi connectivity index (χ3n) is 0.500. The van der Waals surface area contributed by atoms with Gasteiger partial charge in [-0.25, -0.2) is 0 Å². The van der Waals surface area contributed by atoms with Gasteiger partial charge in [-0.2, -0.15) is 0 Å². The number of carbonyl (C=O) groups is 6. The SMILES string of the molecule is O=C([O-])C(=O)[O-].O=C([O-])C(=O)[O-].O=C([O-])C(=O)[O-].[NH4+].[V]. The van der Waals surface area contributed by atoms with Crippen LogP contribution >= 0.6 is 0 Å². The maximum Gasteiger partial charge on any atom is 0.0870 e. The van der Waals surface area contributed by atoms with Crippen molar-refractivity contribution in [2.75, 3.05) is 0 Å². The van der Waals surface area contributed by atoms with Crippen LogP contribution in [-0.4, -0.2) is 35.8 Å². The molecule has 14 heteroatoms. The Bertz CT molecular complexity index is 283. The Kier molecular flexibility index (Phi) is 24.9. The predicted octanol–water partition coefficient (Wildman–Crippen LogP) is -10.2. The van der Waals surface area contributed by atoms with E-state index in [9.17, 15) is 0 Å². The van der Waals surface area contributed by atoms with Crippen molar-refractivity contribution in [2.45, 2.75) is 0 Å². The van der Waals surface area contributed by atoms with Gasteiger partial charge in [0.1, 0.15) is 0 Å². The molecule has 0 atom stereocenters. The van der Waals surface area contributed by atoms with E-state index >= 15 is 0 Å². The van der Waals surface area contributed by atoms with Crippen molar-refractivity contribution >= 4 is 35.8 Å². The van der Waals surface area contributed by atoms with Crippen molar-refractivity contribution in [2.24, 2.45) is 0 Å². The Morgan fingerprint density at radius 3 is 0.450 bits per heavy atom. The maximum absolute atomic E-state index is 8.93. The minimum atomic E-state index is -2.19. The fourth-order valence-corrected chi connectivity index (χ4v) is 0. The minimum absolute atomic E-state index is 0. The number of carboxylic acids is 6. The molecule has 0 heterocycles. The summed E-state index contributed by atoms with van der Waals surface area (Å²) >= 11 is 0. The topological polar surface area (TPSA) is 277 Å². The molecule has 0 fully saturated rings. The zero-order valence-electron chi connectivity index (χ0n) is 9.35. The number of hydrogen-bond donors (Lipinski definition) is 1. The number of rotatable bonds is 0. The molecule has 0 aliphatic carbocycles. The van der Waals surface area contributed by atoms with Crippen LogP contribution in [0.25, 0.3) is 0 Å². The van der Waals surface area contributed by atoms with Gasteiger partial charge >= 0.3 is 0 Å². The van der Waals surface area contributed by atoms with Gasteiger partial charge in [0.05, 0.1) is 35.8 Å². The summed E-state index contributed by atoms with van der Waals surface area (Å²) in [7, 11) is 0. The van der Waals surface area contributed by atoms with E-state index in [-0.39, 0.29) is 24.7 Å². The summed E-state index contributed by atoms with van der Waals surface area (Å²) in [6.07, 6.45) is 0. The van der Waals surface area contributed by atoms with E-state index in [1.54, 1.807) is 0 Å². The van der Waals surface area contributed by atoms with Gasteiger partial charge in [0.15, 0.2) is 0 Å². The van der Waals surface area contributed by atoms with Crippen LogP contribution in [-0.2, 0) is 47.3 Å². The van der Waals surface area contributed by atoms with Crippen molar-refractivity contribution in [1.82, 2.24) is 6.15 Å². The van der Waals surface area contributed by atoms with Crippen molar-refractivity contribution in [3.63, 3.8) is 0 Å². The van der Waals surface area contributed by atoms with E-state index in [0.29, 0.717) is 0 Å². The van der Waals surface area contributed by atoms with Crippen molar-refractivity contribution < 1.29 is 78.0 Å². The Morgan fingerprint density at radius 1 is 0.400 bits per heavy atom. The Hall–Kier alpha value is -2.64. The van der Waals surface area contributed by atoms with E-state index in [1.165, 1.54) is 0 Å². The molecule has 0 aromatic heterocycles. The molecule has 4 N–H and O–H groups in total. The second-order valence-corrected chi connectivity index (χ2v) is 1.72. The second-order valence-electron chi connectivity index (χ2n) is 1.72. The first-order valence-corrected chi connectivity index (χ1v) is 3.20. The Labute approximate surface area is 120 Å². The standard InChI is InChI=1S/3C2H2O4.H3N.V/c3*3-1(4)2(5)6;;/h3*(H,3,4)(H,5,6);1H3;/p-5. The molecule has 0 amide bonds. The molecule has 0 saturated carbocycles. The summed E-state index contributed by atoms with van der Waals surface area (Å²) in [5.74, 6) is -13.1. The minimum Gasteiger partial charge on any atom is -0.543 e. The van der Waals surface area contributed by atoms with Gasteiger partial charge in [0.25, 0.3) is 0 Å². The van der Waals surface area contributed by atoms with E-state index in [0.717, 1.165) is 0 Å². The summed E-state index contributed by atoms with van der Waals surface area (Å²) in [5, 5.41) is 53.6. The van der Waals surface area contributed by atoms with E-state index in [1.807, 2.05) is 0 Å². The second kappa shape index (κ2) is 16.4. The number of aliphatic carboxylic acids is 6. The molecule has 0 unspecified atom stereocenters. The van der Waals surface area contributed by atoms with Crippen LogP contribution < -0.4 is 36.8 Å². The van der Waals surface area contributed by atoms with Gasteiger partial charge in [-0.15, -0.1) is 0 Å². The zero-order chi connectivity index (χ0) is 15.5. The molecule has 0 bridgehead atoms. The zero-order valence-corrected chi connectivity index (χ0v) is 10.7. The van der Waals surface area contributed by atoms with Crippen molar-refractivity contribution in [3.8, 4) is 0 Å². The number of carboxylic acid groups (broad SMARTS) is 6. The van der Waals surface area contributed by atoms with Crippen LogP contribution in [0.2, 0.25) is 0 Å². The predicted molar refractivity (Wildman–Crippen MR) is 36.0 cm³/mol. The molecule has 0 aromatic rings. The molecule has 0 aromatic carbocycles. The third-order valence-corrected chi connectivity index (χ3v) is 0.500. The van der Waals surface area contributed by atoms with Crippen LogP contribution in [0, 0.1) is 0 Å². The van der Waals surface area contributed by atoms with Crippen LogP contribution in [0.15, 0.2) is 0 Å². The molecule has 0 saturated heterocycles. The largest absolute Gasteiger partial charge is 0.543 e. The molecular formula is C6H4NO12V-5. The summed E-state index contributed by atoms with van der Waals surface area (Å²) in [6, 6.07) is 0. The summed E-state index contributed by atoms with van der Waals surface area (Å²) < 4.78 is 0. The van der Waals surface area contributed by atoms with E-state index in [4.69, 9.17) is 59.4 Å². The number of quaternary nitrogens is 1. The summed E-state index contributed by atoms with van der Waals surface area (Å²) in [6.45, 7) is 0. The Morgan fingerprint density at radius 2 is 0.450 bits per heavy atom. The van der Waals surface area contributed by atoms with Gasteiger partial charge in [0.2, 0.25) is 0 Å². The number of carbonyl (C=O) groups excluding carboxylic acids is 6. The summed E-state index contributed by atoms with van der Waals surface area (Å²) in [5.41, 5.74) is 0. The van der Waals surface area contributed by atoms with Gasteiger partial charge in [-0.1, -0.05) is 0 Å². The molecule has 0 aliphatic rings.